The molecule has 0 radical (unpaired) electrons. The van der Waals surface area contributed by atoms with E-state index >= 15 is 0 Å². The van der Waals surface area contributed by atoms with Crippen LogP contribution in [0.1, 0.15) is 37.3 Å². The number of carbonyl (C=O) groups excluding carboxylic acids is 1. The minimum absolute atomic E-state index is 0.128. The Morgan fingerprint density at radius 1 is 1.21 bits per heavy atom. The van der Waals surface area contributed by atoms with E-state index in [2.05, 4.69) is 41.8 Å². The van der Waals surface area contributed by atoms with E-state index in [4.69, 9.17) is 0 Å². The van der Waals surface area contributed by atoms with E-state index in [-0.39, 0.29) is 11.3 Å². The van der Waals surface area contributed by atoms with E-state index in [9.17, 15) is 4.79 Å². The molecule has 1 aromatic rings. The number of amides is 1. The molecule has 104 valence electrons. The molecule has 0 saturated heterocycles. The summed E-state index contributed by atoms with van der Waals surface area (Å²) < 4.78 is 0. The zero-order valence-electron chi connectivity index (χ0n) is 12.0. The third-order valence-electron chi connectivity index (χ3n) is 3.87. The van der Waals surface area contributed by atoms with Crippen molar-refractivity contribution >= 4 is 5.91 Å². The van der Waals surface area contributed by atoms with Crippen molar-refractivity contribution in [2.45, 2.75) is 39.2 Å². The van der Waals surface area contributed by atoms with E-state index in [0.29, 0.717) is 6.54 Å². The topological polar surface area (TPSA) is 41.1 Å². The lowest BCUT2D eigenvalue weighted by Gasteiger charge is -2.14. The minimum Gasteiger partial charge on any atom is -0.352 e. The van der Waals surface area contributed by atoms with Crippen LogP contribution in [0.15, 0.2) is 24.3 Å². The van der Waals surface area contributed by atoms with Gasteiger partial charge in [-0.3, -0.25) is 4.79 Å². The van der Waals surface area contributed by atoms with Crippen LogP contribution in [0.3, 0.4) is 0 Å². The van der Waals surface area contributed by atoms with Crippen molar-refractivity contribution in [3.8, 4) is 0 Å². The lowest BCUT2D eigenvalue weighted by atomic mass is 10.1. The highest BCUT2D eigenvalue weighted by Crippen LogP contribution is 2.45. The van der Waals surface area contributed by atoms with Crippen molar-refractivity contribution in [2.24, 2.45) is 5.41 Å². The van der Waals surface area contributed by atoms with Gasteiger partial charge in [0.1, 0.15) is 0 Å². The van der Waals surface area contributed by atoms with Gasteiger partial charge in [0.05, 0.1) is 5.41 Å². The fourth-order valence-electron chi connectivity index (χ4n) is 2.46. The van der Waals surface area contributed by atoms with Crippen LogP contribution in [-0.2, 0) is 17.8 Å². The first-order valence-corrected chi connectivity index (χ1v) is 7.21. The van der Waals surface area contributed by atoms with Gasteiger partial charge < -0.3 is 10.6 Å². The largest absolute Gasteiger partial charge is 0.352 e. The first kappa shape index (κ1) is 14.1. The van der Waals surface area contributed by atoms with E-state index in [0.717, 1.165) is 25.8 Å². The summed E-state index contributed by atoms with van der Waals surface area (Å²) in [7, 11) is 1.90. The first-order chi connectivity index (χ1) is 9.20. The summed E-state index contributed by atoms with van der Waals surface area (Å²) in [4.78, 5) is 12.1. The average Bonchev–Trinajstić information content (AvgIpc) is 3.19. The van der Waals surface area contributed by atoms with Gasteiger partial charge in [0.25, 0.3) is 0 Å². The lowest BCUT2D eigenvalue weighted by Crippen LogP contribution is -2.37. The SMILES string of the molecule is CCCc1ccc(CNC(=O)C2(CNC)CC2)cc1. The number of hydrogen-bond donors (Lipinski definition) is 2. The predicted octanol–water partition coefficient (Wildman–Crippen LogP) is 2.25. The van der Waals surface area contributed by atoms with Crippen molar-refractivity contribution in [2.75, 3.05) is 13.6 Å². The van der Waals surface area contributed by atoms with Crippen LogP contribution in [0.25, 0.3) is 0 Å². The van der Waals surface area contributed by atoms with Gasteiger partial charge in [-0.25, -0.2) is 0 Å². The predicted molar refractivity (Wildman–Crippen MR) is 77.9 cm³/mol. The molecule has 1 fully saturated rings. The second-order valence-corrected chi connectivity index (χ2v) is 5.56. The van der Waals surface area contributed by atoms with Crippen molar-refractivity contribution < 1.29 is 4.79 Å². The Labute approximate surface area is 115 Å². The van der Waals surface area contributed by atoms with Crippen molar-refractivity contribution in [3.63, 3.8) is 0 Å². The molecular formula is C16H24N2O. The molecule has 3 heteroatoms. The molecule has 2 N–H and O–H groups in total. The maximum Gasteiger partial charge on any atom is 0.227 e. The van der Waals surface area contributed by atoms with E-state index in [1.54, 1.807) is 0 Å². The summed E-state index contributed by atoms with van der Waals surface area (Å²) >= 11 is 0. The van der Waals surface area contributed by atoms with Gasteiger partial charge in [-0.15, -0.1) is 0 Å². The van der Waals surface area contributed by atoms with Crippen LogP contribution >= 0.6 is 0 Å². The van der Waals surface area contributed by atoms with Gasteiger partial charge in [-0.2, -0.15) is 0 Å². The van der Waals surface area contributed by atoms with Crippen LogP contribution in [0.5, 0.6) is 0 Å². The van der Waals surface area contributed by atoms with Crippen LogP contribution in [0, 0.1) is 5.41 Å². The summed E-state index contributed by atoms with van der Waals surface area (Å²) in [6.07, 6.45) is 4.31. The molecule has 0 aromatic heterocycles. The zero-order chi connectivity index (χ0) is 13.7. The molecular weight excluding hydrogens is 236 g/mol. The molecule has 2 rings (SSSR count). The average molecular weight is 260 g/mol. The zero-order valence-corrected chi connectivity index (χ0v) is 12.0. The number of aryl methyl sites for hydroxylation is 1. The van der Waals surface area contributed by atoms with Gasteiger partial charge in [0.15, 0.2) is 0 Å². The highest BCUT2D eigenvalue weighted by Gasteiger charge is 2.48. The second-order valence-electron chi connectivity index (χ2n) is 5.56. The molecule has 1 amide bonds. The maximum absolute atomic E-state index is 12.1. The van der Waals surface area contributed by atoms with E-state index in [1.165, 1.54) is 17.5 Å². The Morgan fingerprint density at radius 3 is 2.37 bits per heavy atom. The van der Waals surface area contributed by atoms with Gasteiger partial charge in [-0.1, -0.05) is 37.6 Å². The fraction of sp³-hybridized carbons (Fsp3) is 0.562. The molecule has 3 nitrogen and oxygen atoms in total. The number of benzene rings is 1. The normalized spacial score (nSPS) is 16.1. The molecule has 0 bridgehead atoms. The molecule has 1 aromatic carbocycles. The quantitative estimate of drug-likeness (QED) is 0.789. The Hall–Kier alpha value is -1.35. The summed E-state index contributed by atoms with van der Waals surface area (Å²) in [6.45, 7) is 3.61. The highest BCUT2D eigenvalue weighted by molar-refractivity contribution is 5.85. The maximum atomic E-state index is 12.1. The summed E-state index contributed by atoms with van der Waals surface area (Å²) in [5, 5.41) is 6.17. The molecule has 0 spiro atoms. The van der Waals surface area contributed by atoms with Crippen molar-refractivity contribution in [3.05, 3.63) is 35.4 Å². The van der Waals surface area contributed by atoms with Crippen LogP contribution in [-0.4, -0.2) is 19.5 Å². The Balaban J connectivity index is 1.83. The fourth-order valence-corrected chi connectivity index (χ4v) is 2.46. The van der Waals surface area contributed by atoms with Crippen LogP contribution in [0.2, 0.25) is 0 Å². The number of nitrogens with one attached hydrogen (secondary N) is 2. The smallest absolute Gasteiger partial charge is 0.227 e. The van der Waals surface area contributed by atoms with Gasteiger partial charge in [-0.05, 0) is 37.4 Å². The van der Waals surface area contributed by atoms with Crippen molar-refractivity contribution in [1.29, 1.82) is 0 Å². The molecule has 0 atom stereocenters. The number of rotatable bonds is 7. The van der Waals surface area contributed by atoms with E-state index in [1.807, 2.05) is 7.05 Å². The summed E-state index contributed by atoms with van der Waals surface area (Å²) in [5.41, 5.74) is 2.41. The first-order valence-electron chi connectivity index (χ1n) is 7.21. The third-order valence-corrected chi connectivity index (χ3v) is 3.87. The molecule has 1 aliphatic rings. The van der Waals surface area contributed by atoms with Gasteiger partial charge in [0, 0.05) is 13.1 Å². The minimum atomic E-state index is -0.128. The third kappa shape index (κ3) is 3.57. The second kappa shape index (κ2) is 6.20. The van der Waals surface area contributed by atoms with Crippen LogP contribution < -0.4 is 10.6 Å². The molecule has 0 unspecified atom stereocenters. The molecule has 1 aliphatic carbocycles. The number of hydrogen-bond acceptors (Lipinski definition) is 2. The van der Waals surface area contributed by atoms with Gasteiger partial charge in [0.2, 0.25) is 5.91 Å². The summed E-state index contributed by atoms with van der Waals surface area (Å²) in [5.74, 6) is 0.194. The molecule has 0 heterocycles. The monoisotopic (exact) mass is 260 g/mol. The Kier molecular flexibility index (Phi) is 4.59. The standard InChI is InChI=1S/C16H24N2O/c1-3-4-13-5-7-14(8-6-13)11-18-15(19)16(9-10-16)12-17-2/h5-8,17H,3-4,9-12H2,1-2H3,(H,18,19). The van der Waals surface area contributed by atoms with Gasteiger partial charge >= 0.3 is 0 Å². The summed E-state index contributed by atoms with van der Waals surface area (Å²) in [6, 6.07) is 8.54. The lowest BCUT2D eigenvalue weighted by molar-refractivity contribution is -0.126. The molecule has 0 aliphatic heterocycles. The molecule has 19 heavy (non-hydrogen) atoms. The number of carbonyl (C=O) groups is 1. The molecule has 1 saturated carbocycles. The van der Waals surface area contributed by atoms with E-state index < -0.39 is 0 Å². The Morgan fingerprint density at radius 2 is 1.84 bits per heavy atom. The van der Waals surface area contributed by atoms with Crippen molar-refractivity contribution in [1.82, 2.24) is 10.6 Å². The Bertz CT molecular complexity index is 421. The van der Waals surface area contributed by atoms with Crippen LogP contribution in [0.4, 0.5) is 0 Å². The highest BCUT2D eigenvalue weighted by atomic mass is 16.2.